The predicted molar refractivity (Wildman–Crippen MR) is 127 cm³/mol. The van der Waals surface area contributed by atoms with Gasteiger partial charge in [0.15, 0.2) is 0 Å². The van der Waals surface area contributed by atoms with Crippen LogP contribution in [0.3, 0.4) is 0 Å². The molecule has 1 heterocycles. The standard InChI is InChI=1S/C26H32N2O5/c1-5-16-33-20-12-10-18(11-13-20)23-22(25(30)26(31)28(23)15-14-27(3)4)24(29)19-8-7-9-21(17-19)32-6-2/h7-13,17,23,29H,5-6,14-16H2,1-4H3. The Balaban J connectivity index is 2.07. The zero-order valence-corrected chi connectivity index (χ0v) is 19.7. The van der Waals surface area contributed by atoms with Gasteiger partial charge in [0.05, 0.1) is 24.8 Å². The van der Waals surface area contributed by atoms with E-state index in [1.807, 2.05) is 57.1 Å². The summed E-state index contributed by atoms with van der Waals surface area (Å²) in [5.74, 6) is -0.216. The number of carbonyl (C=O) groups is 2. The number of carbonyl (C=O) groups excluding carboxylic acids is 2. The lowest BCUT2D eigenvalue weighted by Gasteiger charge is -2.26. The van der Waals surface area contributed by atoms with Gasteiger partial charge < -0.3 is 24.4 Å². The smallest absolute Gasteiger partial charge is 0.295 e. The lowest BCUT2D eigenvalue weighted by Crippen LogP contribution is -2.35. The largest absolute Gasteiger partial charge is 0.507 e. The van der Waals surface area contributed by atoms with E-state index in [-0.39, 0.29) is 11.3 Å². The molecule has 0 saturated carbocycles. The summed E-state index contributed by atoms with van der Waals surface area (Å²) in [5.41, 5.74) is 1.24. The number of rotatable bonds is 10. The number of benzene rings is 2. The Kier molecular flexibility index (Phi) is 8.11. The molecule has 1 unspecified atom stereocenters. The van der Waals surface area contributed by atoms with Crippen molar-refractivity contribution in [2.75, 3.05) is 40.4 Å². The van der Waals surface area contributed by atoms with Crippen LogP contribution in [0.1, 0.15) is 37.4 Å². The molecule has 1 atom stereocenters. The predicted octanol–water partition coefficient (Wildman–Crippen LogP) is 3.86. The normalized spacial score (nSPS) is 17.6. The van der Waals surface area contributed by atoms with Crippen molar-refractivity contribution in [1.82, 2.24) is 9.80 Å². The summed E-state index contributed by atoms with van der Waals surface area (Å²) >= 11 is 0. The van der Waals surface area contributed by atoms with E-state index in [4.69, 9.17) is 9.47 Å². The van der Waals surface area contributed by atoms with E-state index < -0.39 is 17.7 Å². The number of Topliss-reactive ketones (excluding diaryl/α,β-unsaturated/α-hetero) is 1. The maximum Gasteiger partial charge on any atom is 0.295 e. The number of hydrogen-bond donors (Lipinski definition) is 1. The average molecular weight is 453 g/mol. The van der Waals surface area contributed by atoms with Gasteiger partial charge >= 0.3 is 0 Å². The Morgan fingerprint density at radius 3 is 2.39 bits per heavy atom. The number of ether oxygens (including phenoxy) is 2. The highest BCUT2D eigenvalue weighted by Crippen LogP contribution is 2.40. The molecule has 7 nitrogen and oxygen atoms in total. The van der Waals surface area contributed by atoms with Gasteiger partial charge in [-0.15, -0.1) is 0 Å². The van der Waals surface area contributed by atoms with E-state index >= 15 is 0 Å². The maximum atomic E-state index is 13.1. The minimum atomic E-state index is -0.694. The van der Waals surface area contributed by atoms with Crippen molar-refractivity contribution in [3.8, 4) is 11.5 Å². The molecule has 1 aliphatic heterocycles. The van der Waals surface area contributed by atoms with Crippen LogP contribution in [0, 0.1) is 0 Å². The Morgan fingerprint density at radius 1 is 1.03 bits per heavy atom. The minimum Gasteiger partial charge on any atom is -0.507 e. The Labute approximate surface area is 195 Å². The first-order chi connectivity index (χ1) is 15.9. The molecule has 1 fully saturated rings. The molecule has 7 heteroatoms. The van der Waals surface area contributed by atoms with Gasteiger partial charge in [0, 0.05) is 18.7 Å². The number of nitrogens with zero attached hydrogens (tertiary/aromatic N) is 2. The fraction of sp³-hybridized carbons (Fsp3) is 0.385. The molecule has 2 aromatic rings. The van der Waals surface area contributed by atoms with E-state index in [9.17, 15) is 14.7 Å². The van der Waals surface area contributed by atoms with Crippen LogP contribution in [0.2, 0.25) is 0 Å². The monoisotopic (exact) mass is 452 g/mol. The van der Waals surface area contributed by atoms with E-state index in [1.54, 1.807) is 24.3 Å². The van der Waals surface area contributed by atoms with Crippen LogP contribution in [0.25, 0.3) is 5.76 Å². The molecule has 1 aliphatic rings. The van der Waals surface area contributed by atoms with Gasteiger partial charge in [-0.1, -0.05) is 31.2 Å². The third-order valence-corrected chi connectivity index (χ3v) is 5.42. The van der Waals surface area contributed by atoms with E-state index in [2.05, 4.69) is 0 Å². The van der Waals surface area contributed by atoms with Crippen LogP contribution >= 0.6 is 0 Å². The second-order valence-corrected chi connectivity index (χ2v) is 8.17. The average Bonchev–Trinajstić information content (AvgIpc) is 3.06. The quantitative estimate of drug-likeness (QED) is 0.335. The van der Waals surface area contributed by atoms with Crippen molar-refractivity contribution in [3.05, 3.63) is 65.2 Å². The first kappa shape index (κ1) is 24.3. The van der Waals surface area contributed by atoms with Crippen LogP contribution in [0.4, 0.5) is 0 Å². The van der Waals surface area contributed by atoms with Crippen molar-refractivity contribution in [1.29, 1.82) is 0 Å². The van der Waals surface area contributed by atoms with Crippen molar-refractivity contribution >= 4 is 17.4 Å². The molecule has 0 spiro atoms. The van der Waals surface area contributed by atoms with Crippen molar-refractivity contribution < 1.29 is 24.2 Å². The molecular formula is C26H32N2O5. The lowest BCUT2D eigenvalue weighted by molar-refractivity contribution is -0.140. The Morgan fingerprint density at radius 2 is 1.76 bits per heavy atom. The van der Waals surface area contributed by atoms with E-state index in [0.717, 1.165) is 17.7 Å². The van der Waals surface area contributed by atoms with Crippen LogP contribution < -0.4 is 9.47 Å². The van der Waals surface area contributed by atoms with E-state index in [1.165, 1.54) is 4.90 Å². The first-order valence-electron chi connectivity index (χ1n) is 11.3. The molecule has 1 amide bonds. The molecule has 2 aromatic carbocycles. The van der Waals surface area contributed by atoms with Gasteiger partial charge in [0.2, 0.25) is 0 Å². The SMILES string of the molecule is CCCOc1ccc(C2C(=C(O)c3cccc(OCC)c3)C(=O)C(=O)N2CCN(C)C)cc1. The summed E-state index contributed by atoms with van der Waals surface area (Å²) in [5, 5.41) is 11.2. The molecule has 1 saturated heterocycles. The van der Waals surface area contributed by atoms with Gasteiger partial charge in [0.25, 0.3) is 11.7 Å². The van der Waals surface area contributed by atoms with Gasteiger partial charge in [-0.2, -0.15) is 0 Å². The molecule has 1 N–H and O–H groups in total. The van der Waals surface area contributed by atoms with Crippen molar-refractivity contribution in [2.24, 2.45) is 0 Å². The Hall–Kier alpha value is -3.32. The lowest BCUT2D eigenvalue weighted by atomic mass is 9.95. The molecule has 3 rings (SSSR count). The fourth-order valence-corrected chi connectivity index (χ4v) is 3.79. The number of likely N-dealkylation sites (N-methyl/N-ethyl adjacent to an activating group) is 1. The second kappa shape index (κ2) is 11.0. The first-order valence-corrected chi connectivity index (χ1v) is 11.3. The van der Waals surface area contributed by atoms with Gasteiger partial charge in [-0.25, -0.2) is 0 Å². The topological polar surface area (TPSA) is 79.3 Å². The summed E-state index contributed by atoms with van der Waals surface area (Å²) < 4.78 is 11.2. The summed E-state index contributed by atoms with van der Waals surface area (Å²) in [6, 6.07) is 13.5. The summed E-state index contributed by atoms with van der Waals surface area (Å²) in [4.78, 5) is 29.6. The minimum absolute atomic E-state index is 0.0784. The second-order valence-electron chi connectivity index (χ2n) is 8.17. The highest BCUT2D eigenvalue weighted by atomic mass is 16.5. The number of aliphatic hydroxyl groups excluding tert-OH is 1. The maximum absolute atomic E-state index is 13.1. The summed E-state index contributed by atoms with van der Waals surface area (Å²) in [6.45, 7) is 5.93. The molecule has 0 aromatic heterocycles. The fourth-order valence-electron chi connectivity index (χ4n) is 3.79. The number of ketones is 1. The highest BCUT2D eigenvalue weighted by Gasteiger charge is 2.45. The van der Waals surface area contributed by atoms with Crippen LogP contribution in [0.15, 0.2) is 54.1 Å². The van der Waals surface area contributed by atoms with Crippen LogP contribution in [0.5, 0.6) is 11.5 Å². The molecule has 33 heavy (non-hydrogen) atoms. The number of amides is 1. The van der Waals surface area contributed by atoms with Crippen molar-refractivity contribution in [2.45, 2.75) is 26.3 Å². The number of aliphatic hydroxyl groups is 1. The third kappa shape index (κ3) is 5.54. The number of likely N-dealkylation sites (tertiary alicyclic amines) is 1. The van der Waals surface area contributed by atoms with Crippen LogP contribution in [-0.4, -0.2) is 67.0 Å². The molecular weight excluding hydrogens is 420 g/mol. The molecule has 0 aliphatic carbocycles. The number of hydrogen-bond acceptors (Lipinski definition) is 6. The van der Waals surface area contributed by atoms with Gasteiger partial charge in [-0.3, -0.25) is 9.59 Å². The molecule has 0 radical (unpaired) electrons. The van der Waals surface area contributed by atoms with Gasteiger partial charge in [-0.05, 0) is 57.3 Å². The summed E-state index contributed by atoms with van der Waals surface area (Å²) in [6.07, 6.45) is 0.896. The van der Waals surface area contributed by atoms with Crippen LogP contribution in [-0.2, 0) is 9.59 Å². The zero-order valence-electron chi connectivity index (χ0n) is 19.7. The third-order valence-electron chi connectivity index (χ3n) is 5.42. The Bertz CT molecular complexity index is 1010. The molecule has 176 valence electrons. The zero-order chi connectivity index (χ0) is 24.0. The highest BCUT2D eigenvalue weighted by molar-refractivity contribution is 6.46. The van der Waals surface area contributed by atoms with E-state index in [0.29, 0.717) is 37.6 Å². The molecule has 0 bridgehead atoms. The van der Waals surface area contributed by atoms with Crippen molar-refractivity contribution in [3.63, 3.8) is 0 Å². The summed E-state index contributed by atoms with van der Waals surface area (Å²) in [7, 11) is 3.81. The van der Waals surface area contributed by atoms with Gasteiger partial charge in [0.1, 0.15) is 17.3 Å².